The van der Waals surface area contributed by atoms with Crippen LogP contribution >= 0.6 is 11.6 Å². The van der Waals surface area contributed by atoms with Crippen LogP contribution in [0.2, 0.25) is 5.02 Å². The fourth-order valence-corrected chi connectivity index (χ4v) is 3.79. The molecule has 0 bridgehead atoms. The van der Waals surface area contributed by atoms with Gasteiger partial charge in [-0.2, -0.15) is 0 Å². The Labute approximate surface area is 168 Å². The van der Waals surface area contributed by atoms with Crippen LogP contribution in [0.1, 0.15) is 34.8 Å². The predicted molar refractivity (Wildman–Crippen MR) is 106 cm³/mol. The van der Waals surface area contributed by atoms with E-state index in [-0.39, 0.29) is 28.2 Å². The molecule has 0 radical (unpaired) electrons. The normalized spacial score (nSPS) is 15.2. The Bertz CT molecular complexity index is 851. The smallest absolute Gasteiger partial charge is 0.288 e. The number of quaternary nitrogens is 1. The van der Waals surface area contributed by atoms with Crippen LogP contribution in [0.5, 0.6) is 5.75 Å². The van der Waals surface area contributed by atoms with E-state index in [9.17, 15) is 14.9 Å². The van der Waals surface area contributed by atoms with Gasteiger partial charge in [0.15, 0.2) is 0 Å². The number of ether oxygens (including phenoxy) is 1. The molecular formula is C20H23ClN3O4+. The first-order valence-corrected chi connectivity index (χ1v) is 9.58. The molecule has 1 atom stereocenters. The van der Waals surface area contributed by atoms with Gasteiger partial charge in [-0.15, -0.1) is 0 Å². The number of nitrogens with one attached hydrogen (secondary N) is 2. The Hall–Kier alpha value is -2.64. The van der Waals surface area contributed by atoms with Gasteiger partial charge in [0, 0.05) is 30.0 Å². The van der Waals surface area contributed by atoms with Gasteiger partial charge in [-0.3, -0.25) is 14.9 Å². The predicted octanol–water partition coefficient (Wildman–Crippen LogP) is 2.41. The third-order valence-electron chi connectivity index (χ3n) is 5.13. The molecule has 0 spiro atoms. The molecule has 1 fully saturated rings. The minimum atomic E-state index is -0.590. The van der Waals surface area contributed by atoms with Crippen LogP contribution < -0.4 is 15.0 Å². The number of carbonyl (C=O) groups is 1. The van der Waals surface area contributed by atoms with Crippen molar-refractivity contribution in [1.29, 1.82) is 0 Å². The van der Waals surface area contributed by atoms with Gasteiger partial charge in [-0.1, -0.05) is 11.6 Å². The van der Waals surface area contributed by atoms with Crippen molar-refractivity contribution >= 4 is 23.2 Å². The molecule has 7 nitrogen and oxygen atoms in total. The summed E-state index contributed by atoms with van der Waals surface area (Å²) in [7, 11) is 1.63. The number of methoxy groups -OCH3 is 1. The Morgan fingerprint density at radius 3 is 2.54 bits per heavy atom. The number of amides is 1. The largest absolute Gasteiger partial charge is 0.497 e. The summed E-state index contributed by atoms with van der Waals surface area (Å²) in [6.45, 7) is 2.55. The maximum absolute atomic E-state index is 12.6. The third kappa shape index (κ3) is 4.61. The van der Waals surface area contributed by atoms with E-state index in [1.165, 1.54) is 35.9 Å². The second-order valence-electron chi connectivity index (χ2n) is 6.82. The standard InChI is InChI=1S/C20H22ClN3O4/c1-28-16-7-4-14(5-8-16)19(23-10-2-3-11-23)13-22-20(25)15-6-9-17(21)18(12-15)24(26)27/h4-9,12,19H,2-3,10-11,13H2,1H3,(H,22,25)/p+1/t19-/m1/s1. The minimum absolute atomic E-state index is 0.0131. The Morgan fingerprint density at radius 1 is 1.25 bits per heavy atom. The van der Waals surface area contributed by atoms with Crippen molar-refractivity contribution in [2.45, 2.75) is 18.9 Å². The zero-order valence-corrected chi connectivity index (χ0v) is 16.4. The lowest BCUT2D eigenvalue weighted by Crippen LogP contribution is -3.11. The van der Waals surface area contributed by atoms with E-state index >= 15 is 0 Å². The molecule has 1 saturated heterocycles. The maximum Gasteiger partial charge on any atom is 0.288 e. The molecule has 1 amide bonds. The lowest BCUT2D eigenvalue weighted by Gasteiger charge is -2.25. The molecule has 0 unspecified atom stereocenters. The van der Waals surface area contributed by atoms with Gasteiger partial charge in [0.1, 0.15) is 16.8 Å². The Morgan fingerprint density at radius 2 is 1.93 bits per heavy atom. The molecule has 148 valence electrons. The van der Waals surface area contributed by atoms with Crippen molar-refractivity contribution in [2.24, 2.45) is 0 Å². The van der Waals surface area contributed by atoms with Gasteiger partial charge < -0.3 is 15.0 Å². The van der Waals surface area contributed by atoms with Crippen LogP contribution in [-0.2, 0) is 0 Å². The first kappa shape index (κ1) is 20.1. The lowest BCUT2D eigenvalue weighted by molar-refractivity contribution is -0.918. The number of benzene rings is 2. The van der Waals surface area contributed by atoms with E-state index in [2.05, 4.69) is 5.32 Å². The zero-order chi connectivity index (χ0) is 20.1. The van der Waals surface area contributed by atoms with Crippen LogP contribution in [0.4, 0.5) is 5.69 Å². The highest BCUT2D eigenvalue weighted by Gasteiger charge is 2.28. The highest BCUT2D eigenvalue weighted by atomic mass is 35.5. The molecule has 8 heteroatoms. The molecule has 28 heavy (non-hydrogen) atoms. The van der Waals surface area contributed by atoms with Gasteiger partial charge in [-0.25, -0.2) is 0 Å². The molecular weight excluding hydrogens is 382 g/mol. The third-order valence-corrected chi connectivity index (χ3v) is 5.45. The summed E-state index contributed by atoms with van der Waals surface area (Å²) in [5.74, 6) is 0.438. The highest BCUT2D eigenvalue weighted by Crippen LogP contribution is 2.25. The number of halogens is 1. The van der Waals surface area contributed by atoms with E-state index in [4.69, 9.17) is 16.3 Å². The number of carbonyl (C=O) groups excluding carboxylic acids is 1. The maximum atomic E-state index is 12.6. The lowest BCUT2D eigenvalue weighted by atomic mass is 10.0. The second kappa shape index (κ2) is 9.03. The average Bonchev–Trinajstić information content (AvgIpc) is 3.23. The van der Waals surface area contributed by atoms with Crippen LogP contribution in [0.3, 0.4) is 0 Å². The second-order valence-corrected chi connectivity index (χ2v) is 7.23. The van der Waals surface area contributed by atoms with Crippen molar-refractivity contribution in [3.05, 3.63) is 68.7 Å². The number of hydrogen-bond acceptors (Lipinski definition) is 4. The Balaban J connectivity index is 1.75. The monoisotopic (exact) mass is 404 g/mol. The van der Waals surface area contributed by atoms with E-state index in [1.807, 2.05) is 24.3 Å². The molecule has 2 aromatic carbocycles. The summed E-state index contributed by atoms with van der Waals surface area (Å²) in [6, 6.07) is 12.1. The van der Waals surface area contributed by atoms with Gasteiger partial charge in [0.25, 0.3) is 11.6 Å². The summed E-state index contributed by atoms with van der Waals surface area (Å²) in [6.07, 6.45) is 2.33. The molecule has 1 aliphatic heterocycles. The van der Waals surface area contributed by atoms with Gasteiger partial charge in [-0.05, 0) is 36.4 Å². The molecule has 2 aromatic rings. The van der Waals surface area contributed by atoms with Crippen LogP contribution in [0.15, 0.2) is 42.5 Å². The fourth-order valence-electron chi connectivity index (χ4n) is 3.60. The Kier molecular flexibility index (Phi) is 6.49. The summed E-state index contributed by atoms with van der Waals surface area (Å²) in [4.78, 5) is 24.5. The first-order chi connectivity index (χ1) is 13.5. The highest BCUT2D eigenvalue weighted by molar-refractivity contribution is 6.32. The molecule has 0 saturated carbocycles. The van der Waals surface area contributed by atoms with Crippen molar-refractivity contribution in [3.8, 4) is 5.75 Å². The SMILES string of the molecule is COc1ccc([C@@H](CNC(=O)c2ccc(Cl)c([N+](=O)[O-])c2)[NH+]2CCCC2)cc1. The number of likely N-dealkylation sites (tertiary alicyclic amines) is 1. The summed E-state index contributed by atoms with van der Waals surface area (Å²) in [5, 5.41) is 14.0. The van der Waals surface area contributed by atoms with Crippen LogP contribution in [-0.4, -0.2) is 37.6 Å². The summed E-state index contributed by atoms with van der Waals surface area (Å²) >= 11 is 5.83. The number of nitro benzene ring substituents is 1. The van der Waals surface area contributed by atoms with E-state index in [0.29, 0.717) is 6.54 Å². The van der Waals surface area contributed by atoms with Gasteiger partial charge in [0.2, 0.25) is 0 Å². The molecule has 2 N–H and O–H groups in total. The summed E-state index contributed by atoms with van der Waals surface area (Å²) < 4.78 is 5.23. The topological polar surface area (TPSA) is 85.9 Å². The zero-order valence-electron chi connectivity index (χ0n) is 15.6. The van der Waals surface area contributed by atoms with Crippen molar-refractivity contribution in [3.63, 3.8) is 0 Å². The quantitative estimate of drug-likeness (QED) is 0.548. The number of nitrogens with zero attached hydrogens (tertiary/aromatic N) is 1. The van der Waals surface area contributed by atoms with Crippen LogP contribution in [0, 0.1) is 10.1 Å². The van der Waals surface area contributed by atoms with Gasteiger partial charge in [0.05, 0.1) is 31.7 Å². The average molecular weight is 405 g/mol. The van der Waals surface area contributed by atoms with E-state index in [0.717, 1.165) is 24.4 Å². The first-order valence-electron chi connectivity index (χ1n) is 9.20. The van der Waals surface area contributed by atoms with Crippen LogP contribution in [0.25, 0.3) is 0 Å². The number of hydrogen-bond donors (Lipinski definition) is 2. The molecule has 1 aliphatic rings. The number of rotatable bonds is 7. The fraction of sp³-hybridized carbons (Fsp3) is 0.350. The molecule has 0 aliphatic carbocycles. The van der Waals surface area contributed by atoms with E-state index in [1.54, 1.807) is 7.11 Å². The molecule has 3 rings (SSSR count). The molecule has 1 heterocycles. The van der Waals surface area contributed by atoms with Crippen molar-refractivity contribution in [1.82, 2.24) is 5.32 Å². The van der Waals surface area contributed by atoms with Crippen molar-refractivity contribution < 1.29 is 19.4 Å². The summed E-state index contributed by atoms with van der Waals surface area (Å²) in [5.41, 5.74) is 1.08. The van der Waals surface area contributed by atoms with Gasteiger partial charge >= 0.3 is 0 Å². The molecule has 0 aromatic heterocycles. The number of nitro groups is 1. The van der Waals surface area contributed by atoms with E-state index < -0.39 is 4.92 Å². The minimum Gasteiger partial charge on any atom is -0.497 e. The van der Waals surface area contributed by atoms with Crippen molar-refractivity contribution in [2.75, 3.05) is 26.7 Å².